The van der Waals surface area contributed by atoms with E-state index in [4.69, 9.17) is 4.74 Å². The molecule has 76 valence electrons. The third kappa shape index (κ3) is 2.22. The molecule has 0 aromatic carbocycles. The maximum Gasteiger partial charge on any atom is 0.225 e. The minimum absolute atomic E-state index is 0.243. The van der Waals surface area contributed by atoms with E-state index in [2.05, 4.69) is 30.8 Å². The van der Waals surface area contributed by atoms with Crippen molar-refractivity contribution in [3.63, 3.8) is 0 Å². The molecule has 1 unspecified atom stereocenters. The van der Waals surface area contributed by atoms with Gasteiger partial charge in [0, 0.05) is 30.8 Å². The lowest BCUT2D eigenvalue weighted by molar-refractivity contribution is 0.0565. The van der Waals surface area contributed by atoms with E-state index in [1.807, 2.05) is 6.07 Å². The topological polar surface area (TPSA) is 38.2 Å². The number of alkyl halides is 1. The highest BCUT2D eigenvalue weighted by Gasteiger charge is 2.20. The molecule has 2 heterocycles. The molecular weight excluding hydrogens is 246 g/mol. The first-order chi connectivity index (χ1) is 6.90. The molecule has 5 heteroatoms. The first kappa shape index (κ1) is 9.86. The van der Waals surface area contributed by atoms with Gasteiger partial charge in [-0.25, -0.2) is 9.97 Å². The smallest absolute Gasteiger partial charge is 0.225 e. The lowest BCUT2D eigenvalue weighted by Crippen LogP contribution is -2.44. The summed E-state index contributed by atoms with van der Waals surface area (Å²) in [5, 5.41) is 0.857. The van der Waals surface area contributed by atoms with Crippen molar-refractivity contribution < 1.29 is 4.74 Å². The molecule has 1 aromatic heterocycles. The number of anilines is 1. The Balaban J connectivity index is 2.04. The number of aromatic nitrogens is 2. The fraction of sp³-hybridized carbons (Fsp3) is 0.556. The van der Waals surface area contributed by atoms with Crippen LogP contribution in [0, 0.1) is 0 Å². The Hall–Kier alpha value is -0.680. The van der Waals surface area contributed by atoms with E-state index in [0.29, 0.717) is 0 Å². The molecule has 1 fully saturated rings. The molecule has 14 heavy (non-hydrogen) atoms. The van der Waals surface area contributed by atoms with Crippen molar-refractivity contribution in [2.45, 2.75) is 6.10 Å². The molecule has 4 nitrogen and oxygen atoms in total. The largest absolute Gasteiger partial charge is 0.374 e. The van der Waals surface area contributed by atoms with Crippen LogP contribution in [0.4, 0.5) is 5.95 Å². The van der Waals surface area contributed by atoms with E-state index < -0.39 is 0 Å². The second-order valence-corrected chi connectivity index (χ2v) is 3.79. The molecule has 1 aliphatic rings. The number of hydrogen-bond acceptors (Lipinski definition) is 4. The molecule has 0 amide bonds. The van der Waals surface area contributed by atoms with Gasteiger partial charge >= 0.3 is 0 Å². The van der Waals surface area contributed by atoms with Gasteiger partial charge in [-0.15, -0.1) is 0 Å². The standard InChI is InChI=1S/C9H12BrN3O/c10-6-8-7-13(4-5-14-8)9-11-2-1-3-12-9/h1-3,8H,4-7H2. The fourth-order valence-electron chi connectivity index (χ4n) is 1.45. The van der Waals surface area contributed by atoms with Gasteiger partial charge in [-0.05, 0) is 6.07 Å². The summed E-state index contributed by atoms with van der Waals surface area (Å²) in [4.78, 5) is 10.6. The number of hydrogen-bond donors (Lipinski definition) is 0. The maximum atomic E-state index is 5.53. The van der Waals surface area contributed by atoms with Crippen molar-refractivity contribution in [2.75, 3.05) is 29.9 Å². The van der Waals surface area contributed by atoms with Crippen LogP contribution < -0.4 is 4.90 Å². The van der Waals surface area contributed by atoms with Crippen LogP contribution in [0.3, 0.4) is 0 Å². The average Bonchev–Trinajstić information content (AvgIpc) is 2.30. The van der Waals surface area contributed by atoms with Crippen molar-refractivity contribution >= 4 is 21.9 Å². The minimum Gasteiger partial charge on any atom is -0.374 e. The Labute approximate surface area is 91.4 Å². The monoisotopic (exact) mass is 257 g/mol. The zero-order valence-corrected chi connectivity index (χ0v) is 9.35. The Morgan fingerprint density at radius 3 is 3.00 bits per heavy atom. The van der Waals surface area contributed by atoms with Gasteiger partial charge in [0.1, 0.15) is 0 Å². The van der Waals surface area contributed by atoms with Crippen LogP contribution in [0.5, 0.6) is 0 Å². The van der Waals surface area contributed by atoms with Crippen molar-refractivity contribution in [2.24, 2.45) is 0 Å². The lowest BCUT2D eigenvalue weighted by atomic mass is 10.3. The van der Waals surface area contributed by atoms with E-state index in [1.165, 1.54) is 0 Å². The summed E-state index contributed by atoms with van der Waals surface area (Å²) in [6.45, 7) is 2.47. The number of halogens is 1. The van der Waals surface area contributed by atoms with Crippen LogP contribution in [-0.4, -0.2) is 41.1 Å². The molecule has 0 N–H and O–H groups in total. The quantitative estimate of drug-likeness (QED) is 0.744. The van der Waals surface area contributed by atoms with Crippen LogP contribution in [-0.2, 0) is 4.74 Å². The van der Waals surface area contributed by atoms with Gasteiger partial charge in [-0.3, -0.25) is 0 Å². The van der Waals surface area contributed by atoms with Crippen LogP contribution in [0.25, 0.3) is 0 Å². The molecule has 0 bridgehead atoms. The summed E-state index contributed by atoms with van der Waals surface area (Å²) in [7, 11) is 0. The number of morpholine rings is 1. The SMILES string of the molecule is BrCC1CN(c2ncccn2)CCO1. The molecule has 0 saturated carbocycles. The Morgan fingerprint density at radius 1 is 1.50 bits per heavy atom. The van der Waals surface area contributed by atoms with Crippen molar-refractivity contribution in [3.8, 4) is 0 Å². The second-order valence-electron chi connectivity index (χ2n) is 3.14. The zero-order chi connectivity index (χ0) is 9.80. The number of rotatable bonds is 2. The van der Waals surface area contributed by atoms with Gasteiger partial charge in [0.05, 0.1) is 12.7 Å². The normalized spacial score (nSPS) is 22.4. The molecular formula is C9H12BrN3O. The molecule has 2 rings (SSSR count). The average molecular weight is 258 g/mol. The van der Waals surface area contributed by atoms with Crippen LogP contribution >= 0.6 is 15.9 Å². The highest BCUT2D eigenvalue weighted by Crippen LogP contribution is 2.12. The van der Waals surface area contributed by atoms with E-state index in [9.17, 15) is 0 Å². The highest BCUT2D eigenvalue weighted by molar-refractivity contribution is 9.09. The summed E-state index contributed by atoms with van der Waals surface area (Å²) in [5.74, 6) is 0.793. The van der Waals surface area contributed by atoms with Gasteiger partial charge in [-0.1, -0.05) is 15.9 Å². The Bertz CT molecular complexity index is 283. The lowest BCUT2D eigenvalue weighted by Gasteiger charge is -2.31. The van der Waals surface area contributed by atoms with Crippen LogP contribution in [0.15, 0.2) is 18.5 Å². The summed E-state index contributed by atoms with van der Waals surface area (Å²) < 4.78 is 5.53. The molecule has 0 spiro atoms. The van der Waals surface area contributed by atoms with Gasteiger partial charge in [-0.2, -0.15) is 0 Å². The molecule has 1 aliphatic heterocycles. The summed E-state index contributed by atoms with van der Waals surface area (Å²) in [5.41, 5.74) is 0. The van der Waals surface area contributed by atoms with E-state index in [1.54, 1.807) is 12.4 Å². The fourth-order valence-corrected chi connectivity index (χ4v) is 1.84. The third-order valence-electron chi connectivity index (χ3n) is 2.15. The van der Waals surface area contributed by atoms with E-state index in [0.717, 1.165) is 31.0 Å². The predicted molar refractivity (Wildman–Crippen MR) is 57.8 cm³/mol. The summed E-state index contributed by atoms with van der Waals surface area (Å²) >= 11 is 3.42. The van der Waals surface area contributed by atoms with Crippen LogP contribution in [0.2, 0.25) is 0 Å². The molecule has 0 radical (unpaired) electrons. The molecule has 1 saturated heterocycles. The number of nitrogens with zero attached hydrogens (tertiary/aromatic N) is 3. The summed E-state index contributed by atoms with van der Waals surface area (Å²) in [6, 6.07) is 1.83. The van der Waals surface area contributed by atoms with E-state index in [-0.39, 0.29) is 6.10 Å². The van der Waals surface area contributed by atoms with Gasteiger partial charge in [0.25, 0.3) is 0 Å². The molecule has 1 aromatic rings. The highest BCUT2D eigenvalue weighted by atomic mass is 79.9. The first-order valence-corrected chi connectivity index (χ1v) is 5.72. The second kappa shape index (κ2) is 4.70. The van der Waals surface area contributed by atoms with Crippen molar-refractivity contribution in [1.29, 1.82) is 0 Å². The maximum absolute atomic E-state index is 5.53. The van der Waals surface area contributed by atoms with Crippen LogP contribution in [0.1, 0.15) is 0 Å². The van der Waals surface area contributed by atoms with E-state index >= 15 is 0 Å². The Morgan fingerprint density at radius 2 is 2.29 bits per heavy atom. The third-order valence-corrected chi connectivity index (χ3v) is 2.87. The first-order valence-electron chi connectivity index (χ1n) is 4.59. The minimum atomic E-state index is 0.243. The van der Waals surface area contributed by atoms with Crippen molar-refractivity contribution in [1.82, 2.24) is 9.97 Å². The number of ether oxygens (including phenoxy) is 1. The zero-order valence-electron chi connectivity index (χ0n) is 7.77. The Kier molecular flexibility index (Phi) is 3.31. The summed E-state index contributed by atoms with van der Waals surface area (Å²) in [6.07, 6.45) is 3.77. The molecule has 1 atom stereocenters. The molecule has 0 aliphatic carbocycles. The van der Waals surface area contributed by atoms with Gasteiger partial charge in [0.15, 0.2) is 0 Å². The predicted octanol–water partition coefficient (Wildman–Crippen LogP) is 1.08. The van der Waals surface area contributed by atoms with Gasteiger partial charge < -0.3 is 9.64 Å². The van der Waals surface area contributed by atoms with Gasteiger partial charge in [0.2, 0.25) is 5.95 Å². The van der Waals surface area contributed by atoms with Crippen molar-refractivity contribution in [3.05, 3.63) is 18.5 Å².